The number of aromatic nitrogens is 2. The minimum atomic E-state index is -0.207. The van der Waals surface area contributed by atoms with Gasteiger partial charge in [-0.25, -0.2) is 0 Å². The Morgan fingerprint density at radius 2 is 1.88 bits per heavy atom. The first-order chi connectivity index (χ1) is 8.24. The molecule has 0 N–H and O–H groups in total. The lowest BCUT2D eigenvalue weighted by Gasteiger charge is -1.99. The molecule has 0 saturated carbocycles. The van der Waals surface area contributed by atoms with Crippen molar-refractivity contribution in [3.05, 3.63) is 58.7 Å². The fraction of sp³-hybridized carbons (Fsp3) is 0.0769. The van der Waals surface area contributed by atoms with Crippen LogP contribution in [0.3, 0.4) is 0 Å². The first-order valence-electron chi connectivity index (χ1n) is 5.30. The maximum Gasteiger partial charge on any atom is 0.286 e. The molecule has 0 aliphatic rings. The van der Waals surface area contributed by atoms with Gasteiger partial charge in [-0.1, -0.05) is 30.3 Å². The average Bonchev–Trinajstić information content (AvgIpc) is 2.71. The molecular weight excluding hydrogens is 216 g/mol. The van der Waals surface area contributed by atoms with E-state index in [0.29, 0.717) is 11.5 Å². The van der Waals surface area contributed by atoms with Crippen molar-refractivity contribution in [3.8, 4) is 11.1 Å². The first kappa shape index (κ1) is 9.84. The SMILES string of the molecule is Cc1nc2cc(-c3ccccc3)cc(=O)n2o1. The predicted molar refractivity (Wildman–Crippen MR) is 63.9 cm³/mol. The van der Waals surface area contributed by atoms with Gasteiger partial charge in [-0.05, 0) is 17.2 Å². The molecular formula is C13H10N2O2. The maximum absolute atomic E-state index is 11.8. The zero-order valence-electron chi connectivity index (χ0n) is 9.25. The van der Waals surface area contributed by atoms with Crippen LogP contribution >= 0.6 is 0 Å². The normalized spacial score (nSPS) is 10.9. The van der Waals surface area contributed by atoms with Crippen molar-refractivity contribution in [2.75, 3.05) is 0 Å². The van der Waals surface area contributed by atoms with E-state index in [-0.39, 0.29) is 5.56 Å². The molecule has 0 unspecified atom stereocenters. The van der Waals surface area contributed by atoms with E-state index in [2.05, 4.69) is 4.98 Å². The van der Waals surface area contributed by atoms with E-state index >= 15 is 0 Å². The topological polar surface area (TPSA) is 47.5 Å². The van der Waals surface area contributed by atoms with Crippen LogP contribution in [-0.2, 0) is 0 Å². The van der Waals surface area contributed by atoms with Gasteiger partial charge >= 0.3 is 0 Å². The number of fused-ring (bicyclic) bond motifs is 1. The van der Waals surface area contributed by atoms with Crippen molar-refractivity contribution >= 4 is 5.65 Å². The van der Waals surface area contributed by atoms with Crippen molar-refractivity contribution in [2.45, 2.75) is 6.92 Å². The highest BCUT2D eigenvalue weighted by molar-refractivity contribution is 5.66. The second-order valence-corrected chi connectivity index (χ2v) is 3.82. The van der Waals surface area contributed by atoms with Gasteiger partial charge in [0.2, 0.25) is 5.89 Å². The molecule has 0 bridgehead atoms. The maximum atomic E-state index is 11.8. The summed E-state index contributed by atoms with van der Waals surface area (Å²) in [6.07, 6.45) is 0. The minimum absolute atomic E-state index is 0.207. The van der Waals surface area contributed by atoms with Gasteiger partial charge < -0.3 is 4.52 Å². The first-order valence-corrected chi connectivity index (χ1v) is 5.30. The predicted octanol–water partition coefficient (Wildman–Crippen LogP) is 2.26. The summed E-state index contributed by atoms with van der Waals surface area (Å²) < 4.78 is 6.38. The standard InChI is InChI=1S/C13H10N2O2/c1-9-14-12-7-11(8-13(16)15(12)17-9)10-5-3-2-4-6-10/h2-8H,1H3. The third kappa shape index (κ3) is 1.63. The van der Waals surface area contributed by atoms with Crippen molar-refractivity contribution in [1.29, 1.82) is 0 Å². The number of benzene rings is 1. The van der Waals surface area contributed by atoms with E-state index in [1.807, 2.05) is 36.4 Å². The molecule has 0 radical (unpaired) electrons. The van der Waals surface area contributed by atoms with Gasteiger partial charge in [0.15, 0.2) is 5.65 Å². The van der Waals surface area contributed by atoms with Crippen LogP contribution in [-0.4, -0.2) is 9.56 Å². The van der Waals surface area contributed by atoms with E-state index < -0.39 is 0 Å². The van der Waals surface area contributed by atoms with E-state index in [1.54, 1.807) is 13.0 Å². The molecule has 2 aromatic heterocycles. The lowest BCUT2D eigenvalue weighted by atomic mass is 10.1. The Morgan fingerprint density at radius 3 is 2.65 bits per heavy atom. The molecule has 84 valence electrons. The number of aryl methyl sites for hydroxylation is 1. The molecule has 3 aromatic rings. The van der Waals surface area contributed by atoms with Crippen LogP contribution in [0.1, 0.15) is 5.89 Å². The zero-order valence-corrected chi connectivity index (χ0v) is 9.25. The molecule has 4 heteroatoms. The molecule has 0 spiro atoms. The van der Waals surface area contributed by atoms with Gasteiger partial charge in [-0.3, -0.25) is 4.79 Å². The Bertz CT molecular complexity index is 726. The highest BCUT2D eigenvalue weighted by Crippen LogP contribution is 2.18. The summed E-state index contributed by atoms with van der Waals surface area (Å²) >= 11 is 0. The lowest BCUT2D eigenvalue weighted by Crippen LogP contribution is -2.10. The number of hydrogen-bond acceptors (Lipinski definition) is 3. The van der Waals surface area contributed by atoms with Crippen LogP contribution in [0.2, 0.25) is 0 Å². The largest absolute Gasteiger partial charge is 0.355 e. The van der Waals surface area contributed by atoms with E-state index in [9.17, 15) is 4.79 Å². The van der Waals surface area contributed by atoms with Gasteiger partial charge in [-0.2, -0.15) is 4.98 Å². The summed E-state index contributed by atoms with van der Waals surface area (Å²) in [6.45, 7) is 1.72. The van der Waals surface area contributed by atoms with E-state index in [0.717, 1.165) is 11.1 Å². The summed E-state index contributed by atoms with van der Waals surface area (Å²) in [5.74, 6) is 0.479. The average molecular weight is 226 g/mol. The fourth-order valence-corrected chi connectivity index (χ4v) is 1.82. The van der Waals surface area contributed by atoms with Crippen molar-refractivity contribution in [2.24, 2.45) is 0 Å². The summed E-state index contributed by atoms with van der Waals surface area (Å²) in [5.41, 5.74) is 2.17. The molecule has 1 aromatic carbocycles. The highest BCUT2D eigenvalue weighted by atomic mass is 16.5. The summed E-state index contributed by atoms with van der Waals surface area (Å²) in [6, 6.07) is 13.1. The van der Waals surface area contributed by atoms with Crippen LogP contribution in [0.5, 0.6) is 0 Å². The quantitative estimate of drug-likeness (QED) is 0.639. The van der Waals surface area contributed by atoms with Crippen LogP contribution in [0, 0.1) is 6.92 Å². The Kier molecular flexibility index (Phi) is 2.08. The summed E-state index contributed by atoms with van der Waals surface area (Å²) in [7, 11) is 0. The van der Waals surface area contributed by atoms with Crippen LogP contribution in [0.25, 0.3) is 16.8 Å². The minimum Gasteiger partial charge on any atom is -0.355 e. The molecule has 4 nitrogen and oxygen atoms in total. The van der Waals surface area contributed by atoms with Gasteiger partial charge in [0.05, 0.1) is 0 Å². The Balaban J connectivity index is 2.29. The third-order valence-corrected chi connectivity index (χ3v) is 2.57. The number of nitrogens with zero attached hydrogens (tertiary/aromatic N) is 2. The fourth-order valence-electron chi connectivity index (χ4n) is 1.82. The highest BCUT2D eigenvalue weighted by Gasteiger charge is 2.07. The van der Waals surface area contributed by atoms with E-state index in [1.165, 1.54) is 4.57 Å². The molecule has 2 heterocycles. The van der Waals surface area contributed by atoms with Gasteiger partial charge in [0, 0.05) is 13.0 Å². The summed E-state index contributed by atoms with van der Waals surface area (Å²) in [5, 5.41) is 0. The zero-order chi connectivity index (χ0) is 11.8. The van der Waals surface area contributed by atoms with Crippen LogP contribution in [0.15, 0.2) is 51.8 Å². The molecule has 3 rings (SSSR count). The van der Waals surface area contributed by atoms with Gasteiger partial charge in [0.1, 0.15) is 0 Å². The Morgan fingerprint density at radius 1 is 1.12 bits per heavy atom. The monoisotopic (exact) mass is 226 g/mol. The smallest absolute Gasteiger partial charge is 0.286 e. The number of pyridine rings is 1. The van der Waals surface area contributed by atoms with Gasteiger partial charge in [-0.15, -0.1) is 4.57 Å². The van der Waals surface area contributed by atoms with Crippen LogP contribution in [0.4, 0.5) is 0 Å². The molecule has 0 amide bonds. The lowest BCUT2D eigenvalue weighted by molar-refractivity contribution is 0.343. The molecule has 0 atom stereocenters. The number of hydrogen-bond donors (Lipinski definition) is 0. The summed E-state index contributed by atoms with van der Waals surface area (Å²) in [4.78, 5) is 16.0. The van der Waals surface area contributed by atoms with E-state index in [4.69, 9.17) is 4.52 Å². The third-order valence-electron chi connectivity index (χ3n) is 2.57. The number of rotatable bonds is 1. The molecule has 0 aliphatic heterocycles. The Labute approximate surface area is 97.1 Å². The molecule has 0 saturated heterocycles. The van der Waals surface area contributed by atoms with Crippen LogP contribution < -0.4 is 5.56 Å². The molecule has 0 aliphatic carbocycles. The second-order valence-electron chi connectivity index (χ2n) is 3.82. The molecule has 0 fully saturated rings. The van der Waals surface area contributed by atoms with Gasteiger partial charge in [0.25, 0.3) is 5.56 Å². The molecule has 17 heavy (non-hydrogen) atoms. The van der Waals surface area contributed by atoms with Crippen molar-refractivity contribution < 1.29 is 4.52 Å². The van der Waals surface area contributed by atoms with Crippen molar-refractivity contribution in [1.82, 2.24) is 9.56 Å². The Hall–Kier alpha value is -2.36. The van der Waals surface area contributed by atoms with Crippen molar-refractivity contribution in [3.63, 3.8) is 0 Å². The second kappa shape index (κ2) is 3.59.